The molecule has 0 atom stereocenters. The average molecular weight is 256 g/mol. The van der Waals surface area contributed by atoms with Crippen LogP contribution >= 0.6 is 0 Å². The molecule has 0 saturated heterocycles. The molecule has 0 bridgehead atoms. The third-order valence-corrected chi connectivity index (χ3v) is 2.60. The predicted molar refractivity (Wildman–Crippen MR) is 70.3 cm³/mol. The van der Waals surface area contributed by atoms with Gasteiger partial charge in [0, 0.05) is 18.0 Å². The van der Waals surface area contributed by atoms with E-state index in [-0.39, 0.29) is 17.2 Å². The molecule has 2 rings (SSSR count). The van der Waals surface area contributed by atoms with E-state index in [1.807, 2.05) is 0 Å². The van der Waals surface area contributed by atoms with E-state index in [1.165, 1.54) is 18.5 Å². The number of pyridine rings is 1. The molecular weight excluding hydrogens is 244 g/mol. The summed E-state index contributed by atoms with van der Waals surface area (Å²) in [6.07, 6.45) is 3.00. The number of nitrogens with zero attached hydrogens (tertiary/aromatic N) is 1. The highest BCUT2D eigenvalue weighted by atomic mass is 16.4. The molecule has 2 N–H and O–H groups in total. The number of rotatable bonds is 3. The van der Waals surface area contributed by atoms with Crippen molar-refractivity contribution in [3.8, 4) is 0 Å². The molecule has 5 heteroatoms. The molecule has 1 amide bonds. The number of aromatic carboxylic acids is 1. The highest BCUT2D eigenvalue weighted by molar-refractivity contribution is 6.07. The van der Waals surface area contributed by atoms with Gasteiger partial charge in [-0.25, -0.2) is 4.79 Å². The minimum Gasteiger partial charge on any atom is -0.478 e. The topological polar surface area (TPSA) is 79.3 Å². The van der Waals surface area contributed by atoms with Crippen LogP contribution in [0.15, 0.2) is 42.7 Å². The van der Waals surface area contributed by atoms with Gasteiger partial charge in [0.1, 0.15) is 0 Å². The molecule has 0 saturated carbocycles. The normalized spacial score (nSPS) is 9.95. The molecule has 5 nitrogen and oxygen atoms in total. The van der Waals surface area contributed by atoms with Crippen molar-refractivity contribution >= 4 is 17.6 Å². The van der Waals surface area contributed by atoms with Crippen molar-refractivity contribution in [2.45, 2.75) is 6.92 Å². The second kappa shape index (κ2) is 5.30. The molecule has 2 aromatic rings. The lowest BCUT2D eigenvalue weighted by atomic mass is 10.1. The number of aryl methyl sites for hydroxylation is 1. The average Bonchev–Trinajstić information content (AvgIpc) is 2.41. The van der Waals surface area contributed by atoms with Crippen LogP contribution in [-0.2, 0) is 0 Å². The van der Waals surface area contributed by atoms with Gasteiger partial charge in [-0.3, -0.25) is 9.78 Å². The lowest BCUT2D eigenvalue weighted by Crippen LogP contribution is -2.14. The molecule has 0 fully saturated rings. The van der Waals surface area contributed by atoms with Gasteiger partial charge < -0.3 is 10.4 Å². The first-order valence-corrected chi connectivity index (χ1v) is 5.63. The Balaban J connectivity index is 2.29. The zero-order chi connectivity index (χ0) is 13.8. The summed E-state index contributed by atoms with van der Waals surface area (Å²) < 4.78 is 0. The van der Waals surface area contributed by atoms with E-state index >= 15 is 0 Å². The van der Waals surface area contributed by atoms with Crippen LogP contribution < -0.4 is 5.32 Å². The zero-order valence-electron chi connectivity index (χ0n) is 10.3. The van der Waals surface area contributed by atoms with E-state index in [1.54, 1.807) is 31.2 Å². The molecule has 0 aliphatic carbocycles. The van der Waals surface area contributed by atoms with Crippen molar-refractivity contribution in [3.05, 3.63) is 59.4 Å². The second-order valence-corrected chi connectivity index (χ2v) is 4.04. The smallest absolute Gasteiger partial charge is 0.337 e. The highest BCUT2D eigenvalue weighted by Gasteiger charge is 2.13. The van der Waals surface area contributed by atoms with Crippen molar-refractivity contribution in [1.82, 2.24) is 4.98 Å². The fourth-order valence-corrected chi connectivity index (χ4v) is 1.64. The first kappa shape index (κ1) is 12.8. The zero-order valence-corrected chi connectivity index (χ0v) is 10.3. The van der Waals surface area contributed by atoms with Crippen molar-refractivity contribution in [1.29, 1.82) is 0 Å². The predicted octanol–water partition coefficient (Wildman–Crippen LogP) is 2.34. The van der Waals surface area contributed by atoms with E-state index in [4.69, 9.17) is 5.11 Å². The molecule has 0 unspecified atom stereocenters. The molecule has 0 aliphatic heterocycles. The summed E-state index contributed by atoms with van der Waals surface area (Å²) in [6.45, 7) is 1.79. The molecule has 1 aromatic heterocycles. The van der Waals surface area contributed by atoms with Crippen molar-refractivity contribution < 1.29 is 14.7 Å². The van der Waals surface area contributed by atoms with Crippen LogP contribution in [0.1, 0.15) is 26.3 Å². The molecule has 19 heavy (non-hydrogen) atoms. The van der Waals surface area contributed by atoms with Gasteiger partial charge in [0.2, 0.25) is 0 Å². The molecule has 0 aliphatic rings. The maximum atomic E-state index is 11.9. The maximum absolute atomic E-state index is 11.9. The van der Waals surface area contributed by atoms with Crippen molar-refractivity contribution in [2.75, 3.05) is 5.32 Å². The van der Waals surface area contributed by atoms with Crippen LogP contribution in [0.2, 0.25) is 0 Å². The van der Waals surface area contributed by atoms with Gasteiger partial charge in [0.05, 0.1) is 11.3 Å². The van der Waals surface area contributed by atoms with Gasteiger partial charge in [-0.15, -0.1) is 0 Å². The summed E-state index contributed by atoms with van der Waals surface area (Å²) in [7, 11) is 0. The Bertz CT molecular complexity index is 624. The van der Waals surface area contributed by atoms with Gasteiger partial charge in [-0.05, 0) is 31.2 Å². The fraction of sp³-hybridized carbons (Fsp3) is 0.0714. The summed E-state index contributed by atoms with van der Waals surface area (Å²) >= 11 is 0. The van der Waals surface area contributed by atoms with Crippen LogP contribution in [0.4, 0.5) is 5.69 Å². The third kappa shape index (κ3) is 2.95. The number of carbonyl (C=O) groups excluding carboxylic acids is 1. The molecule has 0 spiro atoms. The molecule has 1 aromatic carbocycles. The van der Waals surface area contributed by atoms with Crippen molar-refractivity contribution in [2.24, 2.45) is 0 Å². The lowest BCUT2D eigenvalue weighted by molar-refractivity contribution is 0.0698. The number of hydrogen-bond donors (Lipinski definition) is 2. The van der Waals surface area contributed by atoms with Crippen LogP contribution in [0.3, 0.4) is 0 Å². The molecular formula is C14H12N2O3. The van der Waals surface area contributed by atoms with E-state index in [0.29, 0.717) is 5.56 Å². The Morgan fingerprint density at radius 3 is 2.47 bits per heavy atom. The summed E-state index contributed by atoms with van der Waals surface area (Å²) in [5, 5.41) is 11.7. The number of nitrogens with one attached hydrogen (secondary N) is 1. The SMILES string of the molecule is Cc1ccc(NC(=O)c2ccncc2)c(C(=O)O)c1. The minimum absolute atomic E-state index is 0.0717. The monoisotopic (exact) mass is 256 g/mol. The number of anilines is 1. The van der Waals surface area contributed by atoms with Crippen LogP contribution in [0.25, 0.3) is 0 Å². The Kier molecular flexibility index (Phi) is 3.56. The van der Waals surface area contributed by atoms with Gasteiger partial charge in [0.25, 0.3) is 5.91 Å². The lowest BCUT2D eigenvalue weighted by Gasteiger charge is -2.09. The Labute approximate surface area is 109 Å². The van der Waals surface area contributed by atoms with Gasteiger partial charge in [-0.2, -0.15) is 0 Å². The number of carboxylic acids is 1. The van der Waals surface area contributed by atoms with E-state index in [0.717, 1.165) is 5.56 Å². The van der Waals surface area contributed by atoms with E-state index in [2.05, 4.69) is 10.3 Å². The summed E-state index contributed by atoms with van der Waals surface area (Å²) in [4.78, 5) is 26.9. The van der Waals surface area contributed by atoms with Gasteiger partial charge in [-0.1, -0.05) is 11.6 Å². The summed E-state index contributed by atoms with van der Waals surface area (Å²) in [5.74, 6) is -1.44. The standard InChI is InChI=1S/C14H12N2O3/c1-9-2-3-12(11(8-9)14(18)19)16-13(17)10-4-6-15-7-5-10/h2-8H,1H3,(H,16,17)(H,18,19). The number of carbonyl (C=O) groups is 2. The number of hydrogen-bond acceptors (Lipinski definition) is 3. The van der Waals surface area contributed by atoms with Gasteiger partial charge >= 0.3 is 5.97 Å². The van der Waals surface area contributed by atoms with Crippen LogP contribution in [0.5, 0.6) is 0 Å². The number of benzene rings is 1. The first-order chi connectivity index (χ1) is 9.08. The summed E-state index contributed by atoms with van der Waals surface area (Å²) in [5.41, 5.74) is 1.59. The molecule has 1 heterocycles. The summed E-state index contributed by atoms with van der Waals surface area (Å²) in [6, 6.07) is 7.96. The number of carboxylic acid groups (broad SMARTS) is 1. The molecule has 96 valence electrons. The first-order valence-electron chi connectivity index (χ1n) is 5.63. The van der Waals surface area contributed by atoms with Crippen molar-refractivity contribution in [3.63, 3.8) is 0 Å². The minimum atomic E-state index is -1.08. The Morgan fingerprint density at radius 1 is 1.16 bits per heavy atom. The largest absolute Gasteiger partial charge is 0.478 e. The van der Waals surface area contributed by atoms with Gasteiger partial charge in [0.15, 0.2) is 0 Å². The molecule has 0 radical (unpaired) electrons. The quantitative estimate of drug-likeness (QED) is 0.883. The Morgan fingerprint density at radius 2 is 1.84 bits per heavy atom. The van der Waals surface area contributed by atoms with Crippen LogP contribution in [-0.4, -0.2) is 22.0 Å². The number of amides is 1. The fourth-order valence-electron chi connectivity index (χ4n) is 1.64. The third-order valence-electron chi connectivity index (χ3n) is 2.60. The Hall–Kier alpha value is -2.69. The highest BCUT2D eigenvalue weighted by Crippen LogP contribution is 2.18. The maximum Gasteiger partial charge on any atom is 0.337 e. The second-order valence-electron chi connectivity index (χ2n) is 4.04. The van der Waals surface area contributed by atoms with E-state index < -0.39 is 5.97 Å². The number of aromatic nitrogens is 1. The van der Waals surface area contributed by atoms with Crippen LogP contribution in [0, 0.1) is 6.92 Å². The van der Waals surface area contributed by atoms with E-state index in [9.17, 15) is 9.59 Å².